The zero-order chi connectivity index (χ0) is 30.0. The molecule has 5 rings (SSSR count). The highest BCUT2D eigenvalue weighted by atomic mass is 79.9. The fourth-order valence-corrected chi connectivity index (χ4v) is 6.57. The van der Waals surface area contributed by atoms with Crippen molar-refractivity contribution < 1.29 is 13.9 Å². The molecule has 1 amide bonds. The van der Waals surface area contributed by atoms with Crippen LogP contribution in [0.15, 0.2) is 92.3 Å². The van der Waals surface area contributed by atoms with Crippen LogP contribution in [0.5, 0.6) is 5.75 Å². The second kappa shape index (κ2) is 12.8. The summed E-state index contributed by atoms with van der Waals surface area (Å²) >= 11 is 11.0. The number of fused-ring (bicyclic) bond motifs is 1. The van der Waals surface area contributed by atoms with Gasteiger partial charge in [0.25, 0.3) is 11.5 Å². The first-order valence-electron chi connectivity index (χ1n) is 13.4. The molecular weight excluding hydrogens is 641 g/mol. The van der Waals surface area contributed by atoms with Crippen molar-refractivity contribution in [2.75, 3.05) is 13.1 Å². The smallest absolute Gasteiger partial charge is 0.271 e. The number of hydrogen-bond acceptors (Lipinski definition) is 5. The van der Waals surface area contributed by atoms with Gasteiger partial charge in [-0.1, -0.05) is 59.3 Å². The lowest BCUT2D eigenvalue weighted by atomic mass is 9.94. The van der Waals surface area contributed by atoms with E-state index in [1.165, 1.54) is 17.4 Å². The highest BCUT2D eigenvalue weighted by Crippen LogP contribution is 2.32. The standard InChI is InChI=1S/C32H28BrClFN3O3S/c1-4-37(5-2)31(40)28-19(3)36-32-38(29(28)21-11-13-23(34)14-12-21)30(39)27(42-32)17-20-10-15-26(24(33)16-20)41-18-22-8-6-7-9-25(22)35/h6-17,29H,4-5,18H2,1-3H3/b27-17+/t29-/m1/s1. The van der Waals surface area contributed by atoms with Crippen molar-refractivity contribution in [2.45, 2.75) is 33.4 Å². The van der Waals surface area contributed by atoms with Crippen LogP contribution in [0.4, 0.5) is 4.39 Å². The summed E-state index contributed by atoms with van der Waals surface area (Å²) in [5.41, 5.74) is 2.81. The quantitative estimate of drug-likeness (QED) is 0.224. The van der Waals surface area contributed by atoms with E-state index >= 15 is 0 Å². The van der Waals surface area contributed by atoms with Crippen LogP contribution in [0.25, 0.3) is 6.08 Å². The Bertz CT molecular complexity index is 1860. The third-order valence-corrected chi connectivity index (χ3v) is 8.94. The van der Waals surface area contributed by atoms with Gasteiger partial charge in [0.15, 0.2) is 4.80 Å². The van der Waals surface area contributed by atoms with E-state index in [4.69, 9.17) is 21.3 Å². The third kappa shape index (κ3) is 6.00. The van der Waals surface area contributed by atoms with Crippen molar-refractivity contribution in [3.8, 4) is 5.75 Å². The number of ether oxygens (including phenoxy) is 1. The summed E-state index contributed by atoms with van der Waals surface area (Å²) in [6, 6.07) is 18.5. The number of allylic oxidation sites excluding steroid dienone is 1. The van der Waals surface area contributed by atoms with E-state index < -0.39 is 6.04 Å². The summed E-state index contributed by atoms with van der Waals surface area (Å²) in [5.74, 6) is 0.0786. The van der Waals surface area contributed by atoms with Crippen molar-refractivity contribution in [1.82, 2.24) is 9.47 Å². The number of thiazole rings is 1. The maximum Gasteiger partial charge on any atom is 0.271 e. The van der Waals surface area contributed by atoms with Gasteiger partial charge in [-0.25, -0.2) is 9.38 Å². The predicted octanol–water partition coefficient (Wildman–Crippen LogP) is 6.24. The Morgan fingerprint density at radius 1 is 1.14 bits per heavy atom. The molecule has 216 valence electrons. The van der Waals surface area contributed by atoms with Crippen LogP contribution in [0.3, 0.4) is 0 Å². The van der Waals surface area contributed by atoms with Gasteiger partial charge in [0.2, 0.25) is 0 Å². The van der Waals surface area contributed by atoms with Crippen LogP contribution in [-0.2, 0) is 11.4 Å². The lowest BCUT2D eigenvalue weighted by Crippen LogP contribution is -2.43. The van der Waals surface area contributed by atoms with Gasteiger partial charge in [0, 0.05) is 23.7 Å². The molecule has 0 saturated heterocycles. The third-order valence-electron chi connectivity index (χ3n) is 7.08. The van der Waals surface area contributed by atoms with Gasteiger partial charge in [-0.05, 0) is 84.2 Å². The summed E-state index contributed by atoms with van der Waals surface area (Å²) in [7, 11) is 0. The Kier molecular flexibility index (Phi) is 9.11. The summed E-state index contributed by atoms with van der Waals surface area (Å²) in [4.78, 5) is 34.6. The minimum absolute atomic E-state index is 0.0851. The molecule has 1 aliphatic rings. The number of likely N-dealkylation sites (N-methyl/N-ethyl adjacent to an activating group) is 1. The summed E-state index contributed by atoms with van der Waals surface area (Å²) in [6.07, 6.45) is 1.79. The molecule has 1 aliphatic heterocycles. The van der Waals surface area contributed by atoms with Crippen LogP contribution in [-0.4, -0.2) is 28.5 Å². The largest absolute Gasteiger partial charge is 0.488 e. The average Bonchev–Trinajstić information content (AvgIpc) is 3.27. The SMILES string of the molecule is CCN(CC)C(=O)C1=C(C)N=c2s/c(=C/c3ccc(OCc4ccccc4F)c(Br)c3)c(=O)n2[C@@H]1c1ccc(Cl)cc1. The monoisotopic (exact) mass is 667 g/mol. The number of aromatic nitrogens is 1. The molecule has 0 unspecified atom stereocenters. The molecule has 10 heteroatoms. The van der Waals surface area contributed by atoms with E-state index in [1.54, 1.807) is 51.9 Å². The Balaban J connectivity index is 1.54. The molecule has 0 saturated carbocycles. The second-order valence-corrected chi connectivity index (χ2v) is 12.0. The molecule has 0 N–H and O–H groups in total. The van der Waals surface area contributed by atoms with Crippen LogP contribution in [0.1, 0.15) is 43.5 Å². The van der Waals surface area contributed by atoms with E-state index in [9.17, 15) is 14.0 Å². The molecule has 1 atom stereocenters. The first kappa shape index (κ1) is 29.9. The van der Waals surface area contributed by atoms with Crippen LogP contribution < -0.4 is 19.6 Å². The number of carbonyl (C=O) groups excluding carboxylic acids is 1. The highest BCUT2D eigenvalue weighted by molar-refractivity contribution is 9.10. The molecule has 42 heavy (non-hydrogen) atoms. The van der Waals surface area contributed by atoms with E-state index in [2.05, 4.69) is 15.9 Å². The average molecular weight is 669 g/mol. The molecule has 4 aromatic rings. The molecule has 1 aromatic heterocycles. The number of rotatable bonds is 8. The van der Waals surface area contributed by atoms with E-state index in [0.717, 1.165) is 11.1 Å². The maximum atomic E-state index is 14.0. The number of hydrogen-bond donors (Lipinski definition) is 0. The molecule has 2 heterocycles. The van der Waals surface area contributed by atoms with Gasteiger partial charge in [-0.15, -0.1) is 0 Å². The van der Waals surface area contributed by atoms with Gasteiger partial charge in [-0.2, -0.15) is 0 Å². The van der Waals surface area contributed by atoms with Gasteiger partial charge in [0.1, 0.15) is 18.2 Å². The minimum Gasteiger partial charge on any atom is -0.488 e. The van der Waals surface area contributed by atoms with Crippen LogP contribution in [0.2, 0.25) is 5.02 Å². The van der Waals surface area contributed by atoms with Gasteiger partial charge in [0.05, 0.1) is 26.3 Å². The molecular formula is C32H28BrClFN3O3S. The molecule has 6 nitrogen and oxygen atoms in total. The Hall–Kier alpha value is -3.53. The molecule has 0 spiro atoms. The molecule has 3 aromatic carbocycles. The normalized spacial score (nSPS) is 14.9. The lowest BCUT2D eigenvalue weighted by Gasteiger charge is -2.29. The topological polar surface area (TPSA) is 63.9 Å². The van der Waals surface area contributed by atoms with Crippen molar-refractivity contribution in [3.63, 3.8) is 0 Å². The fraction of sp³-hybridized carbons (Fsp3) is 0.219. The van der Waals surface area contributed by atoms with Crippen LogP contribution >= 0.6 is 38.9 Å². The van der Waals surface area contributed by atoms with Gasteiger partial charge >= 0.3 is 0 Å². The number of halogens is 3. The van der Waals surface area contributed by atoms with Crippen molar-refractivity contribution >= 4 is 50.9 Å². The Labute approximate surface area is 260 Å². The van der Waals surface area contributed by atoms with Gasteiger partial charge in [-0.3, -0.25) is 14.2 Å². The summed E-state index contributed by atoms with van der Waals surface area (Å²) in [5, 5.41) is 0.565. The number of benzene rings is 3. The van der Waals surface area contributed by atoms with Crippen molar-refractivity contribution in [1.29, 1.82) is 0 Å². The summed E-state index contributed by atoms with van der Waals surface area (Å²) in [6.45, 7) is 6.84. The zero-order valence-electron chi connectivity index (χ0n) is 23.2. The van der Waals surface area contributed by atoms with E-state index in [0.29, 0.717) is 54.5 Å². The Morgan fingerprint density at radius 3 is 2.52 bits per heavy atom. The number of amides is 1. The molecule has 0 bridgehead atoms. The second-order valence-electron chi connectivity index (χ2n) is 9.68. The Morgan fingerprint density at radius 2 is 1.86 bits per heavy atom. The number of nitrogens with zero attached hydrogens (tertiary/aromatic N) is 3. The van der Waals surface area contributed by atoms with E-state index in [-0.39, 0.29) is 23.9 Å². The first-order valence-corrected chi connectivity index (χ1v) is 15.4. The van der Waals surface area contributed by atoms with Crippen molar-refractivity contribution in [3.05, 3.63) is 130 Å². The number of carbonyl (C=O) groups is 1. The first-order chi connectivity index (χ1) is 20.2. The van der Waals surface area contributed by atoms with Crippen molar-refractivity contribution in [2.24, 2.45) is 4.99 Å². The van der Waals surface area contributed by atoms with E-state index in [1.807, 2.05) is 45.0 Å². The zero-order valence-corrected chi connectivity index (χ0v) is 26.4. The minimum atomic E-state index is -0.644. The predicted molar refractivity (Wildman–Crippen MR) is 168 cm³/mol. The lowest BCUT2D eigenvalue weighted by molar-refractivity contribution is -0.127. The molecule has 0 radical (unpaired) electrons. The van der Waals surface area contributed by atoms with Gasteiger partial charge < -0.3 is 9.64 Å². The van der Waals surface area contributed by atoms with Crippen LogP contribution in [0, 0.1) is 5.82 Å². The maximum absolute atomic E-state index is 14.0. The fourth-order valence-electron chi connectivity index (χ4n) is 4.88. The molecule has 0 fully saturated rings. The molecule has 0 aliphatic carbocycles. The summed E-state index contributed by atoms with van der Waals surface area (Å²) < 4.78 is 22.6. The highest BCUT2D eigenvalue weighted by Gasteiger charge is 2.34.